The van der Waals surface area contributed by atoms with Gasteiger partial charge in [-0.25, -0.2) is 0 Å². The lowest BCUT2D eigenvalue weighted by Crippen LogP contribution is -2.19. The zero-order valence-corrected chi connectivity index (χ0v) is 11.8. The van der Waals surface area contributed by atoms with Crippen LogP contribution in [-0.4, -0.2) is 27.9 Å². The van der Waals surface area contributed by atoms with Gasteiger partial charge in [-0.05, 0) is 50.3 Å². The van der Waals surface area contributed by atoms with Crippen molar-refractivity contribution >= 4 is 49.2 Å². The van der Waals surface area contributed by atoms with Crippen LogP contribution in [0.4, 0.5) is 0 Å². The Hall–Kier alpha value is 0.730. The van der Waals surface area contributed by atoms with E-state index in [0.717, 1.165) is 12.3 Å². The van der Waals surface area contributed by atoms with Crippen LogP contribution in [0.3, 0.4) is 0 Å². The van der Waals surface area contributed by atoms with Gasteiger partial charge in [-0.2, -0.15) is 0 Å². The van der Waals surface area contributed by atoms with Gasteiger partial charge in [-0.1, -0.05) is 13.8 Å². The molecule has 0 spiro atoms. The molecule has 76 valence electrons. The number of carbonyl (C=O) groups is 2. The quantitative estimate of drug-likeness (QED) is 0.426. The van der Waals surface area contributed by atoms with Crippen LogP contribution in [0.15, 0.2) is 0 Å². The van der Waals surface area contributed by atoms with Gasteiger partial charge in [0.25, 0.3) is 0 Å². The smallest absolute Gasteiger partial charge is 0.209 e. The fraction of sp³-hybridized carbons (Fsp3) is 0.750. The van der Waals surface area contributed by atoms with Crippen molar-refractivity contribution in [3.63, 3.8) is 0 Å². The SMILES string of the molecule is CCP(CC)CC(C(=O)Br)C(=O)Br. The highest BCUT2D eigenvalue weighted by Gasteiger charge is 2.24. The van der Waals surface area contributed by atoms with Crippen LogP contribution in [-0.2, 0) is 9.59 Å². The van der Waals surface area contributed by atoms with E-state index in [1.807, 2.05) is 0 Å². The van der Waals surface area contributed by atoms with Crippen molar-refractivity contribution in [3.05, 3.63) is 0 Å². The van der Waals surface area contributed by atoms with Gasteiger partial charge in [0.15, 0.2) is 0 Å². The van der Waals surface area contributed by atoms with E-state index in [-0.39, 0.29) is 17.3 Å². The van der Waals surface area contributed by atoms with E-state index in [9.17, 15) is 9.59 Å². The molecule has 0 bridgehead atoms. The third-order valence-electron chi connectivity index (χ3n) is 1.88. The Morgan fingerprint density at radius 1 is 1.15 bits per heavy atom. The molecular weight excluding hydrogens is 319 g/mol. The lowest BCUT2D eigenvalue weighted by Gasteiger charge is -2.16. The van der Waals surface area contributed by atoms with Crippen LogP contribution in [0.2, 0.25) is 0 Å². The minimum absolute atomic E-state index is 0.162. The second-order valence-electron chi connectivity index (χ2n) is 2.65. The second kappa shape index (κ2) is 7.08. The van der Waals surface area contributed by atoms with Crippen molar-refractivity contribution in [1.82, 2.24) is 0 Å². The molecule has 0 amide bonds. The molecular formula is C8H13Br2O2P. The third kappa shape index (κ3) is 5.24. The highest BCUT2D eigenvalue weighted by molar-refractivity contribution is 9.19. The molecule has 0 saturated heterocycles. The Bertz CT molecular complexity index is 179. The van der Waals surface area contributed by atoms with Crippen LogP contribution in [0.25, 0.3) is 0 Å². The molecule has 0 heterocycles. The van der Waals surface area contributed by atoms with Crippen molar-refractivity contribution in [3.8, 4) is 0 Å². The third-order valence-corrected chi connectivity index (χ3v) is 5.66. The van der Waals surface area contributed by atoms with Crippen LogP contribution in [0.1, 0.15) is 13.8 Å². The molecule has 5 heteroatoms. The van der Waals surface area contributed by atoms with Gasteiger partial charge >= 0.3 is 0 Å². The number of rotatable bonds is 6. The molecule has 0 saturated carbocycles. The van der Waals surface area contributed by atoms with Gasteiger partial charge in [0, 0.05) is 0 Å². The first-order valence-corrected chi connectivity index (χ1v) is 7.62. The molecule has 0 N–H and O–H groups in total. The van der Waals surface area contributed by atoms with Gasteiger partial charge in [0.1, 0.15) is 5.92 Å². The number of halogens is 2. The second-order valence-corrected chi connectivity index (χ2v) is 7.18. The summed E-state index contributed by atoms with van der Waals surface area (Å²) in [5.41, 5.74) is 0. The molecule has 0 aromatic rings. The summed E-state index contributed by atoms with van der Waals surface area (Å²) in [6, 6.07) is 0. The summed E-state index contributed by atoms with van der Waals surface area (Å²) >= 11 is 5.70. The molecule has 0 unspecified atom stereocenters. The number of hydrogen-bond donors (Lipinski definition) is 0. The van der Waals surface area contributed by atoms with Crippen molar-refractivity contribution < 1.29 is 9.59 Å². The molecule has 2 nitrogen and oxygen atoms in total. The lowest BCUT2D eigenvalue weighted by atomic mass is 10.2. The van der Waals surface area contributed by atoms with Gasteiger partial charge in [0.05, 0.1) is 0 Å². The molecule has 0 radical (unpaired) electrons. The Morgan fingerprint density at radius 3 is 1.77 bits per heavy atom. The summed E-state index contributed by atoms with van der Waals surface area (Å²) < 4.78 is -0.410. The highest BCUT2D eigenvalue weighted by Crippen LogP contribution is 2.37. The first kappa shape index (κ1) is 13.7. The van der Waals surface area contributed by atoms with Crippen LogP contribution in [0.5, 0.6) is 0 Å². The van der Waals surface area contributed by atoms with E-state index in [1.54, 1.807) is 0 Å². The average molecular weight is 332 g/mol. The van der Waals surface area contributed by atoms with Crippen molar-refractivity contribution in [2.75, 3.05) is 18.5 Å². The maximum Gasteiger partial charge on any atom is 0.209 e. The summed E-state index contributed by atoms with van der Waals surface area (Å²) in [4.78, 5) is 22.1. The summed E-state index contributed by atoms with van der Waals surface area (Å²) in [7, 11) is -0.162. The van der Waals surface area contributed by atoms with E-state index < -0.39 is 5.92 Å². The lowest BCUT2D eigenvalue weighted by molar-refractivity contribution is -0.121. The Labute approximate surface area is 96.9 Å². The van der Waals surface area contributed by atoms with E-state index in [0.29, 0.717) is 6.16 Å². The van der Waals surface area contributed by atoms with Crippen LogP contribution < -0.4 is 0 Å². The van der Waals surface area contributed by atoms with Crippen LogP contribution in [0, 0.1) is 5.92 Å². The molecule has 0 rings (SSSR count). The van der Waals surface area contributed by atoms with Crippen molar-refractivity contribution in [1.29, 1.82) is 0 Å². The zero-order chi connectivity index (χ0) is 10.4. The van der Waals surface area contributed by atoms with E-state index in [2.05, 4.69) is 45.7 Å². The molecule has 0 atom stereocenters. The standard InChI is InChI=1S/C8H13Br2O2P/c1-3-13(4-2)5-6(7(9)11)8(10)12/h6H,3-5H2,1-2H3. The Kier molecular flexibility index (Phi) is 7.48. The molecule has 0 aromatic heterocycles. The Balaban J connectivity index is 4.24. The van der Waals surface area contributed by atoms with Gasteiger partial charge < -0.3 is 0 Å². The highest BCUT2D eigenvalue weighted by atomic mass is 79.9. The summed E-state index contributed by atoms with van der Waals surface area (Å²) in [6.07, 6.45) is 2.85. The normalized spacial score (nSPS) is 10.9. The predicted octanol–water partition coefficient (Wildman–Crippen LogP) is 2.97. The molecule has 0 aliphatic carbocycles. The maximum atomic E-state index is 11.0. The van der Waals surface area contributed by atoms with Gasteiger partial charge in [-0.3, -0.25) is 9.59 Å². The first-order valence-electron chi connectivity index (χ1n) is 4.13. The fourth-order valence-corrected chi connectivity index (χ4v) is 4.33. The van der Waals surface area contributed by atoms with Gasteiger partial charge in [-0.15, -0.1) is 7.92 Å². The summed E-state index contributed by atoms with van der Waals surface area (Å²) in [6.45, 7) is 4.20. The van der Waals surface area contributed by atoms with Crippen molar-refractivity contribution in [2.24, 2.45) is 5.92 Å². The molecule has 0 fully saturated rings. The summed E-state index contributed by atoms with van der Waals surface area (Å²) in [5.74, 6) is -0.494. The number of hydrogen-bond acceptors (Lipinski definition) is 2. The Morgan fingerprint density at radius 2 is 1.54 bits per heavy atom. The van der Waals surface area contributed by atoms with Gasteiger partial charge in [0.2, 0.25) is 9.39 Å². The van der Waals surface area contributed by atoms with E-state index in [1.165, 1.54) is 0 Å². The van der Waals surface area contributed by atoms with Crippen LogP contribution >= 0.6 is 39.8 Å². The minimum atomic E-state index is -0.494. The zero-order valence-electron chi connectivity index (χ0n) is 7.72. The molecule has 0 aromatic carbocycles. The fourth-order valence-electron chi connectivity index (χ4n) is 0.973. The maximum absolute atomic E-state index is 11.0. The van der Waals surface area contributed by atoms with Crippen molar-refractivity contribution in [2.45, 2.75) is 13.8 Å². The van der Waals surface area contributed by atoms with E-state index in [4.69, 9.17) is 0 Å². The van der Waals surface area contributed by atoms with E-state index >= 15 is 0 Å². The predicted molar refractivity (Wildman–Crippen MR) is 64.2 cm³/mol. The monoisotopic (exact) mass is 330 g/mol. The average Bonchev–Trinajstić information content (AvgIpc) is 2.05. The molecule has 0 aliphatic heterocycles. The summed E-state index contributed by atoms with van der Waals surface area (Å²) in [5, 5.41) is 0. The molecule has 13 heavy (non-hydrogen) atoms. The first-order chi connectivity index (χ1) is 6.02. The molecule has 0 aliphatic rings. The largest absolute Gasteiger partial charge is 0.286 e. The topological polar surface area (TPSA) is 34.1 Å². The number of carbonyl (C=O) groups excluding carboxylic acids is 2. The minimum Gasteiger partial charge on any atom is -0.286 e.